The lowest BCUT2D eigenvalue weighted by molar-refractivity contribution is 0.0390. The van der Waals surface area contributed by atoms with Gasteiger partial charge in [-0.2, -0.15) is 4.31 Å². The van der Waals surface area contributed by atoms with Gasteiger partial charge in [-0.25, -0.2) is 8.42 Å². The molecule has 6 nitrogen and oxygen atoms in total. The van der Waals surface area contributed by atoms with Gasteiger partial charge < -0.3 is 9.80 Å². The van der Waals surface area contributed by atoms with Crippen molar-refractivity contribution in [3.8, 4) is 0 Å². The van der Waals surface area contributed by atoms with Crippen LogP contribution in [-0.4, -0.2) is 62.3 Å². The first-order valence-corrected chi connectivity index (χ1v) is 13.7. The third-order valence-corrected chi connectivity index (χ3v) is 9.48. The Morgan fingerprint density at radius 1 is 0.788 bits per heavy atom. The van der Waals surface area contributed by atoms with Crippen molar-refractivity contribution in [1.82, 2.24) is 9.21 Å². The van der Waals surface area contributed by atoms with Gasteiger partial charge in [0, 0.05) is 50.0 Å². The first-order valence-electron chi connectivity index (χ1n) is 12.3. The molecule has 2 aromatic carbocycles. The number of benzene rings is 2. The number of likely N-dealkylation sites (tertiary alicyclic amines) is 1. The van der Waals surface area contributed by atoms with Gasteiger partial charge in [-0.3, -0.25) is 4.79 Å². The molecular formula is C26H33N3O3S. The average Bonchev–Trinajstić information content (AvgIpc) is 2.88. The topological polar surface area (TPSA) is 60.9 Å². The Kier molecular flexibility index (Phi) is 6.43. The van der Waals surface area contributed by atoms with Crippen LogP contribution in [0.1, 0.15) is 48.9 Å². The number of carbonyl (C=O) groups is 1. The SMILES string of the molecule is O=C(c1cccc(S(=O)(=O)N2CCN(c3ccccc3)CC2)c1)N1CCCC2CCCCC21. The highest BCUT2D eigenvalue weighted by atomic mass is 32.2. The number of nitrogens with zero attached hydrogens (tertiary/aromatic N) is 3. The number of hydrogen-bond acceptors (Lipinski definition) is 4. The Labute approximate surface area is 197 Å². The molecule has 1 saturated carbocycles. The second kappa shape index (κ2) is 9.47. The van der Waals surface area contributed by atoms with Gasteiger partial charge in [-0.15, -0.1) is 0 Å². The van der Waals surface area contributed by atoms with E-state index < -0.39 is 10.0 Å². The average molecular weight is 468 g/mol. The van der Waals surface area contributed by atoms with Crippen LogP contribution in [0.3, 0.4) is 0 Å². The van der Waals surface area contributed by atoms with Crippen LogP contribution in [0.5, 0.6) is 0 Å². The molecule has 2 aliphatic heterocycles. The van der Waals surface area contributed by atoms with Gasteiger partial charge in [0.1, 0.15) is 0 Å². The van der Waals surface area contributed by atoms with Crippen molar-refractivity contribution in [2.75, 3.05) is 37.6 Å². The number of hydrogen-bond donors (Lipinski definition) is 0. The van der Waals surface area contributed by atoms with E-state index in [1.165, 1.54) is 25.7 Å². The van der Waals surface area contributed by atoms with Crippen molar-refractivity contribution in [3.63, 3.8) is 0 Å². The molecule has 0 aromatic heterocycles. The predicted molar refractivity (Wildman–Crippen MR) is 130 cm³/mol. The lowest BCUT2D eigenvalue weighted by Gasteiger charge is -2.44. The summed E-state index contributed by atoms with van der Waals surface area (Å²) in [6, 6.07) is 17.1. The van der Waals surface area contributed by atoms with E-state index in [2.05, 4.69) is 17.0 Å². The van der Waals surface area contributed by atoms with Crippen LogP contribution in [0, 0.1) is 5.92 Å². The summed E-state index contributed by atoms with van der Waals surface area (Å²) in [5, 5.41) is 0. The van der Waals surface area contributed by atoms with E-state index in [0.717, 1.165) is 25.1 Å². The zero-order chi connectivity index (χ0) is 22.8. The molecule has 2 aromatic rings. The Hall–Kier alpha value is -2.38. The Balaban J connectivity index is 1.30. The summed E-state index contributed by atoms with van der Waals surface area (Å²) in [4.78, 5) is 17.9. The van der Waals surface area contributed by atoms with E-state index in [1.807, 2.05) is 23.1 Å². The lowest BCUT2D eigenvalue weighted by Crippen LogP contribution is -2.49. The zero-order valence-electron chi connectivity index (χ0n) is 19.1. The molecule has 7 heteroatoms. The molecule has 0 spiro atoms. The fourth-order valence-electron chi connectivity index (χ4n) is 5.81. The molecule has 2 heterocycles. The van der Waals surface area contributed by atoms with Gasteiger partial charge in [-0.1, -0.05) is 37.1 Å². The molecule has 33 heavy (non-hydrogen) atoms. The highest BCUT2D eigenvalue weighted by molar-refractivity contribution is 7.89. The summed E-state index contributed by atoms with van der Waals surface area (Å²) in [6.45, 7) is 2.95. The molecule has 3 aliphatic rings. The van der Waals surface area contributed by atoms with Gasteiger partial charge in [-0.05, 0) is 61.9 Å². The molecule has 1 aliphatic carbocycles. The molecule has 0 radical (unpaired) electrons. The number of rotatable bonds is 4. The Morgan fingerprint density at radius 2 is 1.52 bits per heavy atom. The van der Waals surface area contributed by atoms with Crippen LogP contribution in [0.15, 0.2) is 59.5 Å². The minimum atomic E-state index is -3.64. The summed E-state index contributed by atoms with van der Waals surface area (Å²) < 4.78 is 28.3. The summed E-state index contributed by atoms with van der Waals surface area (Å²) >= 11 is 0. The third-order valence-electron chi connectivity index (χ3n) is 7.58. The van der Waals surface area contributed by atoms with E-state index in [4.69, 9.17) is 0 Å². The van der Waals surface area contributed by atoms with Crippen LogP contribution in [0.25, 0.3) is 0 Å². The number of para-hydroxylation sites is 1. The zero-order valence-corrected chi connectivity index (χ0v) is 19.9. The molecule has 2 atom stereocenters. The molecule has 176 valence electrons. The number of piperazine rings is 1. The second-order valence-electron chi connectivity index (χ2n) is 9.51. The molecule has 3 fully saturated rings. The highest BCUT2D eigenvalue weighted by Crippen LogP contribution is 2.36. The Morgan fingerprint density at radius 3 is 2.30 bits per heavy atom. The highest BCUT2D eigenvalue weighted by Gasteiger charge is 2.36. The molecule has 5 rings (SSSR count). The van der Waals surface area contributed by atoms with E-state index >= 15 is 0 Å². The second-order valence-corrected chi connectivity index (χ2v) is 11.4. The monoisotopic (exact) mass is 467 g/mol. The van der Waals surface area contributed by atoms with Crippen molar-refractivity contribution in [2.24, 2.45) is 5.92 Å². The largest absolute Gasteiger partial charge is 0.369 e. The van der Waals surface area contributed by atoms with Crippen LogP contribution in [0.2, 0.25) is 0 Å². The summed E-state index contributed by atoms with van der Waals surface area (Å²) in [6.07, 6.45) is 6.95. The first-order chi connectivity index (χ1) is 16.0. The summed E-state index contributed by atoms with van der Waals surface area (Å²) in [7, 11) is -3.64. The number of fused-ring (bicyclic) bond motifs is 1. The maximum Gasteiger partial charge on any atom is 0.254 e. The smallest absolute Gasteiger partial charge is 0.254 e. The van der Waals surface area contributed by atoms with Crippen molar-refractivity contribution < 1.29 is 13.2 Å². The van der Waals surface area contributed by atoms with Crippen LogP contribution in [-0.2, 0) is 10.0 Å². The van der Waals surface area contributed by atoms with E-state index in [1.54, 1.807) is 28.6 Å². The van der Waals surface area contributed by atoms with E-state index in [-0.39, 0.29) is 10.8 Å². The van der Waals surface area contributed by atoms with E-state index in [0.29, 0.717) is 43.7 Å². The minimum Gasteiger partial charge on any atom is -0.369 e. The van der Waals surface area contributed by atoms with Crippen molar-refractivity contribution >= 4 is 21.6 Å². The van der Waals surface area contributed by atoms with Crippen LogP contribution < -0.4 is 4.90 Å². The fourth-order valence-corrected chi connectivity index (χ4v) is 7.28. The van der Waals surface area contributed by atoms with E-state index in [9.17, 15) is 13.2 Å². The number of sulfonamides is 1. The standard InChI is InChI=1S/C26H33N3O3S/c30-26(29-15-7-10-21-8-4-5-14-25(21)29)22-9-6-13-24(20-22)33(31,32)28-18-16-27(17-19-28)23-11-2-1-3-12-23/h1-3,6,9,11-13,20-21,25H,4-5,7-8,10,14-19H2. The third kappa shape index (κ3) is 4.53. The molecule has 0 N–H and O–H groups in total. The molecule has 2 unspecified atom stereocenters. The van der Waals surface area contributed by atoms with Crippen molar-refractivity contribution in [2.45, 2.75) is 49.5 Å². The number of carbonyl (C=O) groups excluding carboxylic acids is 1. The molecule has 2 saturated heterocycles. The number of piperidine rings is 1. The summed E-state index contributed by atoms with van der Waals surface area (Å²) in [5.41, 5.74) is 1.61. The van der Waals surface area contributed by atoms with Crippen molar-refractivity contribution in [3.05, 3.63) is 60.2 Å². The van der Waals surface area contributed by atoms with Crippen LogP contribution in [0.4, 0.5) is 5.69 Å². The van der Waals surface area contributed by atoms with Gasteiger partial charge in [0.15, 0.2) is 0 Å². The minimum absolute atomic E-state index is 0.0162. The first kappa shape index (κ1) is 22.4. The predicted octanol–water partition coefficient (Wildman–Crippen LogP) is 3.99. The quantitative estimate of drug-likeness (QED) is 0.682. The van der Waals surface area contributed by atoms with Gasteiger partial charge >= 0.3 is 0 Å². The maximum absolute atomic E-state index is 13.4. The maximum atomic E-state index is 13.4. The molecule has 0 bridgehead atoms. The number of anilines is 1. The molecule has 1 amide bonds. The van der Waals surface area contributed by atoms with Gasteiger partial charge in [0.2, 0.25) is 10.0 Å². The van der Waals surface area contributed by atoms with Crippen molar-refractivity contribution in [1.29, 1.82) is 0 Å². The number of amides is 1. The molecular weight excluding hydrogens is 434 g/mol. The fraction of sp³-hybridized carbons (Fsp3) is 0.500. The summed E-state index contributed by atoms with van der Waals surface area (Å²) in [5.74, 6) is 0.585. The normalized spacial score (nSPS) is 24.4. The van der Waals surface area contributed by atoms with Gasteiger partial charge in [0.25, 0.3) is 5.91 Å². The Bertz CT molecular complexity index is 1080. The lowest BCUT2D eigenvalue weighted by atomic mass is 9.78. The van der Waals surface area contributed by atoms with Gasteiger partial charge in [0.05, 0.1) is 4.90 Å². The van der Waals surface area contributed by atoms with Crippen LogP contribution >= 0.6 is 0 Å².